The fourth-order valence-electron chi connectivity index (χ4n) is 1.84. The van der Waals surface area contributed by atoms with Crippen LogP contribution >= 0.6 is 11.3 Å². The van der Waals surface area contributed by atoms with Gasteiger partial charge in [-0.25, -0.2) is 0 Å². The molecule has 0 radical (unpaired) electrons. The Balaban J connectivity index is 1.99. The highest BCUT2D eigenvalue weighted by atomic mass is 32.1. The Labute approximate surface area is 106 Å². The number of benzene rings is 1. The van der Waals surface area contributed by atoms with Crippen LogP contribution in [0.15, 0.2) is 41.1 Å². The van der Waals surface area contributed by atoms with Crippen LogP contribution in [0.1, 0.15) is 30.5 Å². The average Bonchev–Trinajstić information content (AvgIpc) is 2.85. The lowest BCUT2D eigenvalue weighted by atomic mass is 10.0. The van der Waals surface area contributed by atoms with E-state index in [0.29, 0.717) is 11.8 Å². The topological polar surface area (TPSA) is 32.3 Å². The minimum absolute atomic E-state index is 0.321. The minimum Gasteiger partial charge on any atom is -0.508 e. The number of phenolic OH excluding ortho intramolecular Hbond substituents is 1. The van der Waals surface area contributed by atoms with Gasteiger partial charge in [0.25, 0.3) is 0 Å². The smallest absolute Gasteiger partial charge is 0.115 e. The van der Waals surface area contributed by atoms with Gasteiger partial charge in [-0.1, -0.05) is 19.1 Å². The highest BCUT2D eigenvalue weighted by Gasteiger charge is 2.08. The maximum atomic E-state index is 9.27. The van der Waals surface area contributed by atoms with Crippen molar-refractivity contribution in [3.05, 3.63) is 52.2 Å². The van der Waals surface area contributed by atoms with Gasteiger partial charge in [0.15, 0.2) is 0 Å². The monoisotopic (exact) mass is 247 g/mol. The van der Waals surface area contributed by atoms with E-state index in [2.05, 4.69) is 29.1 Å². The van der Waals surface area contributed by atoms with E-state index in [-0.39, 0.29) is 0 Å². The Morgan fingerprint density at radius 3 is 2.59 bits per heavy atom. The molecule has 0 aliphatic carbocycles. The van der Waals surface area contributed by atoms with E-state index in [1.54, 1.807) is 23.5 Å². The molecule has 0 amide bonds. The number of hydrogen-bond acceptors (Lipinski definition) is 3. The number of hydrogen-bond donors (Lipinski definition) is 2. The first-order chi connectivity index (χ1) is 8.29. The maximum Gasteiger partial charge on any atom is 0.115 e. The maximum absolute atomic E-state index is 9.27. The van der Waals surface area contributed by atoms with Crippen molar-refractivity contribution < 1.29 is 5.11 Å². The van der Waals surface area contributed by atoms with E-state index < -0.39 is 0 Å². The molecule has 90 valence electrons. The van der Waals surface area contributed by atoms with Gasteiger partial charge in [0.05, 0.1) is 0 Å². The molecule has 0 fully saturated rings. The van der Waals surface area contributed by atoms with Crippen LogP contribution in [0, 0.1) is 0 Å². The lowest BCUT2D eigenvalue weighted by Gasteiger charge is -2.17. The zero-order valence-electron chi connectivity index (χ0n) is 9.89. The summed E-state index contributed by atoms with van der Waals surface area (Å²) in [5.41, 5.74) is 2.55. The molecule has 3 heteroatoms. The van der Waals surface area contributed by atoms with Crippen LogP contribution in [0.2, 0.25) is 0 Å². The zero-order chi connectivity index (χ0) is 12.1. The first-order valence-corrected chi connectivity index (χ1v) is 6.77. The minimum atomic E-state index is 0.321. The second-order valence-electron chi connectivity index (χ2n) is 4.06. The summed E-state index contributed by atoms with van der Waals surface area (Å²) in [6.07, 6.45) is 1.04. The molecule has 2 nitrogen and oxygen atoms in total. The van der Waals surface area contributed by atoms with Crippen molar-refractivity contribution >= 4 is 11.3 Å². The van der Waals surface area contributed by atoms with Gasteiger partial charge in [-0.2, -0.15) is 11.3 Å². The predicted molar refractivity (Wildman–Crippen MR) is 72.3 cm³/mol. The molecule has 17 heavy (non-hydrogen) atoms. The molecule has 1 aromatic carbocycles. The number of nitrogens with one attached hydrogen (secondary N) is 1. The number of thiophene rings is 1. The summed E-state index contributed by atoms with van der Waals surface area (Å²) >= 11 is 1.72. The number of aromatic hydroxyl groups is 1. The Morgan fingerprint density at radius 2 is 2.00 bits per heavy atom. The average molecular weight is 247 g/mol. The van der Waals surface area contributed by atoms with Crippen molar-refractivity contribution in [2.24, 2.45) is 0 Å². The number of rotatable bonds is 5. The second kappa shape index (κ2) is 5.84. The predicted octanol–water partition coefficient (Wildman–Crippen LogP) is 3.69. The van der Waals surface area contributed by atoms with E-state index >= 15 is 0 Å². The number of phenols is 1. The quantitative estimate of drug-likeness (QED) is 0.844. The Bertz CT molecular complexity index is 436. The van der Waals surface area contributed by atoms with Crippen molar-refractivity contribution in [1.29, 1.82) is 0 Å². The van der Waals surface area contributed by atoms with Crippen molar-refractivity contribution in [1.82, 2.24) is 5.32 Å². The molecule has 2 rings (SSSR count). The van der Waals surface area contributed by atoms with Crippen LogP contribution in [0.5, 0.6) is 5.75 Å². The summed E-state index contributed by atoms with van der Waals surface area (Å²) in [5.74, 6) is 0.321. The largest absolute Gasteiger partial charge is 0.508 e. The third kappa shape index (κ3) is 3.32. The molecule has 0 aliphatic rings. The Kier molecular flexibility index (Phi) is 4.18. The molecular formula is C14H17NOS. The lowest BCUT2D eigenvalue weighted by molar-refractivity contribution is 0.473. The summed E-state index contributed by atoms with van der Waals surface area (Å²) in [6.45, 7) is 3.06. The molecule has 0 spiro atoms. The normalized spacial score (nSPS) is 12.5. The van der Waals surface area contributed by atoms with Crippen molar-refractivity contribution in [3.8, 4) is 5.75 Å². The summed E-state index contributed by atoms with van der Waals surface area (Å²) < 4.78 is 0. The summed E-state index contributed by atoms with van der Waals surface area (Å²) in [5, 5.41) is 17.1. The molecule has 1 aromatic heterocycles. The molecule has 2 aromatic rings. The fraction of sp³-hybridized carbons (Fsp3) is 0.286. The van der Waals surface area contributed by atoms with Crippen LogP contribution in [0.4, 0.5) is 0 Å². The van der Waals surface area contributed by atoms with E-state index in [1.165, 1.54) is 11.1 Å². The third-order valence-electron chi connectivity index (χ3n) is 2.84. The molecule has 1 heterocycles. The molecule has 0 aliphatic heterocycles. The van der Waals surface area contributed by atoms with E-state index in [0.717, 1.165) is 13.0 Å². The molecule has 0 saturated carbocycles. The molecule has 0 bridgehead atoms. The Hall–Kier alpha value is -1.32. The lowest BCUT2D eigenvalue weighted by Crippen LogP contribution is -2.19. The highest BCUT2D eigenvalue weighted by molar-refractivity contribution is 7.07. The molecule has 0 saturated heterocycles. The highest BCUT2D eigenvalue weighted by Crippen LogP contribution is 2.20. The Morgan fingerprint density at radius 1 is 1.24 bits per heavy atom. The second-order valence-corrected chi connectivity index (χ2v) is 4.84. The van der Waals surface area contributed by atoms with E-state index in [1.807, 2.05) is 12.1 Å². The van der Waals surface area contributed by atoms with Crippen LogP contribution < -0.4 is 5.32 Å². The molecule has 2 N–H and O–H groups in total. The van der Waals surface area contributed by atoms with Gasteiger partial charge in [-0.05, 0) is 46.5 Å². The van der Waals surface area contributed by atoms with E-state index in [9.17, 15) is 5.11 Å². The van der Waals surface area contributed by atoms with Gasteiger partial charge >= 0.3 is 0 Å². The SMILES string of the molecule is CCC(NCc1ccsc1)c1ccc(O)cc1. The van der Waals surface area contributed by atoms with Gasteiger partial charge in [-0.3, -0.25) is 0 Å². The summed E-state index contributed by atoms with van der Waals surface area (Å²) in [7, 11) is 0. The van der Waals surface area contributed by atoms with Crippen LogP contribution in [0.25, 0.3) is 0 Å². The van der Waals surface area contributed by atoms with Crippen LogP contribution in [-0.4, -0.2) is 5.11 Å². The standard InChI is InChI=1S/C14H17NOS/c1-2-14(12-3-5-13(16)6-4-12)15-9-11-7-8-17-10-11/h3-8,10,14-16H,2,9H2,1H3. The fourth-order valence-corrected chi connectivity index (χ4v) is 2.51. The van der Waals surface area contributed by atoms with E-state index in [4.69, 9.17) is 0 Å². The third-order valence-corrected chi connectivity index (χ3v) is 3.57. The molecule has 1 atom stereocenters. The summed E-state index contributed by atoms with van der Waals surface area (Å²) in [4.78, 5) is 0. The van der Waals surface area contributed by atoms with Crippen molar-refractivity contribution in [3.63, 3.8) is 0 Å². The van der Waals surface area contributed by atoms with Crippen molar-refractivity contribution in [2.45, 2.75) is 25.9 Å². The van der Waals surface area contributed by atoms with Gasteiger partial charge in [0, 0.05) is 12.6 Å². The van der Waals surface area contributed by atoms with Gasteiger partial charge in [0.1, 0.15) is 5.75 Å². The molecule has 1 unspecified atom stereocenters. The molecular weight excluding hydrogens is 230 g/mol. The van der Waals surface area contributed by atoms with Crippen LogP contribution in [0.3, 0.4) is 0 Å². The first-order valence-electron chi connectivity index (χ1n) is 5.83. The first kappa shape index (κ1) is 12.1. The van der Waals surface area contributed by atoms with Crippen molar-refractivity contribution in [2.75, 3.05) is 0 Å². The summed E-state index contributed by atoms with van der Waals surface area (Å²) in [6, 6.07) is 9.92. The zero-order valence-corrected chi connectivity index (χ0v) is 10.7. The van der Waals surface area contributed by atoms with Crippen LogP contribution in [-0.2, 0) is 6.54 Å². The van der Waals surface area contributed by atoms with Gasteiger partial charge in [-0.15, -0.1) is 0 Å². The van der Waals surface area contributed by atoms with Gasteiger partial charge in [0.2, 0.25) is 0 Å². The van der Waals surface area contributed by atoms with Gasteiger partial charge < -0.3 is 10.4 Å².